The molecule has 2 heterocycles. The Bertz CT molecular complexity index is 764. The van der Waals surface area contributed by atoms with Crippen molar-refractivity contribution >= 4 is 15.9 Å². The number of sulfonamides is 1. The van der Waals surface area contributed by atoms with Crippen LogP contribution in [0.25, 0.3) is 0 Å². The van der Waals surface area contributed by atoms with Gasteiger partial charge in [0.2, 0.25) is 6.79 Å². The Morgan fingerprint density at radius 3 is 2.75 bits per heavy atom. The largest absolute Gasteiger partial charge is 0.454 e. The van der Waals surface area contributed by atoms with Gasteiger partial charge in [-0.15, -0.1) is 4.83 Å². The molecular weight excluding hydrogens is 336 g/mol. The minimum absolute atomic E-state index is 0.0135. The van der Waals surface area contributed by atoms with Crippen molar-refractivity contribution in [2.45, 2.75) is 36.2 Å². The van der Waals surface area contributed by atoms with E-state index in [1.165, 1.54) is 31.0 Å². The molecule has 0 bridgehead atoms. The van der Waals surface area contributed by atoms with Crippen molar-refractivity contribution in [3.05, 3.63) is 18.2 Å². The van der Waals surface area contributed by atoms with Gasteiger partial charge < -0.3 is 9.47 Å². The second-order valence-corrected chi connectivity index (χ2v) is 7.81. The van der Waals surface area contributed by atoms with E-state index in [4.69, 9.17) is 9.47 Å². The first-order chi connectivity index (χ1) is 11.5. The summed E-state index contributed by atoms with van der Waals surface area (Å²) in [6, 6.07) is 4.07. The van der Waals surface area contributed by atoms with E-state index in [-0.39, 0.29) is 17.7 Å². The lowest BCUT2D eigenvalue weighted by molar-refractivity contribution is -0.123. The first kappa shape index (κ1) is 15.6. The van der Waals surface area contributed by atoms with Crippen molar-refractivity contribution in [3.63, 3.8) is 0 Å². The van der Waals surface area contributed by atoms with Crippen LogP contribution in [-0.2, 0) is 14.8 Å². The van der Waals surface area contributed by atoms with E-state index >= 15 is 0 Å². The molecule has 3 aliphatic rings. The smallest absolute Gasteiger partial charge is 0.257 e. The molecule has 2 unspecified atom stereocenters. The van der Waals surface area contributed by atoms with E-state index in [0.29, 0.717) is 23.8 Å². The lowest BCUT2D eigenvalue weighted by atomic mass is 10.1. The highest BCUT2D eigenvalue weighted by atomic mass is 32.2. The summed E-state index contributed by atoms with van der Waals surface area (Å²) in [6.07, 6.45) is 2.98. The zero-order valence-electron chi connectivity index (χ0n) is 12.7. The highest BCUT2D eigenvalue weighted by Crippen LogP contribution is 2.35. The number of fused-ring (bicyclic) bond motifs is 1. The second-order valence-electron chi connectivity index (χ2n) is 6.13. The number of carbonyl (C=O) groups excluding carboxylic acids is 1. The molecule has 1 saturated carbocycles. The van der Waals surface area contributed by atoms with Crippen LogP contribution in [0, 0.1) is 5.92 Å². The Morgan fingerprint density at radius 2 is 1.96 bits per heavy atom. The summed E-state index contributed by atoms with van der Waals surface area (Å²) < 4.78 is 34.9. The zero-order chi connectivity index (χ0) is 16.7. The summed E-state index contributed by atoms with van der Waals surface area (Å²) in [5, 5.41) is 0. The standard InChI is InChI=1S/C14H18N4O5S/c19-14(11-6-10(15-16-11)8-1-2-8)17-18-24(20,21)9-3-4-12-13(5-9)23-7-22-12/h3-5,8,10-11,15-16,18H,1-2,6-7H2,(H,17,19). The maximum atomic E-state index is 12.3. The SMILES string of the molecule is O=C(NNS(=O)(=O)c1ccc2c(c1)OCO2)C1CC(C2CC2)NN1. The molecule has 2 fully saturated rings. The van der Waals surface area contributed by atoms with Crippen LogP contribution in [0.15, 0.2) is 23.1 Å². The van der Waals surface area contributed by atoms with Crippen LogP contribution >= 0.6 is 0 Å². The minimum atomic E-state index is -3.89. The van der Waals surface area contributed by atoms with Gasteiger partial charge in [0.15, 0.2) is 11.5 Å². The molecule has 0 spiro atoms. The molecule has 1 aromatic rings. The molecule has 1 aliphatic carbocycles. The molecule has 0 aromatic heterocycles. The first-order valence-electron chi connectivity index (χ1n) is 7.75. The summed E-state index contributed by atoms with van der Waals surface area (Å²) in [7, 11) is -3.89. The minimum Gasteiger partial charge on any atom is -0.454 e. The fourth-order valence-corrected chi connectivity index (χ4v) is 3.73. The van der Waals surface area contributed by atoms with Crippen LogP contribution in [0.4, 0.5) is 0 Å². The molecule has 0 radical (unpaired) electrons. The average molecular weight is 354 g/mol. The van der Waals surface area contributed by atoms with Crippen molar-refractivity contribution in [2.24, 2.45) is 5.92 Å². The number of ether oxygens (including phenoxy) is 2. The third kappa shape index (κ3) is 3.05. The van der Waals surface area contributed by atoms with Gasteiger partial charge in [0, 0.05) is 12.1 Å². The third-order valence-electron chi connectivity index (χ3n) is 4.40. The highest BCUT2D eigenvalue weighted by Gasteiger charge is 2.39. The average Bonchev–Trinajstić information content (AvgIpc) is 3.12. The summed E-state index contributed by atoms with van der Waals surface area (Å²) in [5.74, 6) is 1.04. The van der Waals surface area contributed by atoms with Gasteiger partial charge in [-0.3, -0.25) is 15.6 Å². The van der Waals surface area contributed by atoms with Gasteiger partial charge in [0.25, 0.3) is 15.9 Å². The van der Waals surface area contributed by atoms with E-state index in [1.54, 1.807) is 0 Å². The molecule has 2 aliphatic heterocycles. The molecule has 24 heavy (non-hydrogen) atoms. The molecule has 10 heteroatoms. The van der Waals surface area contributed by atoms with E-state index in [0.717, 1.165) is 0 Å². The van der Waals surface area contributed by atoms with Crippen molar-refractivity contribution < 1.29 is 22.7 Å². The molecule has 1 saturated heterocycles. The van der Waals surface area contributed by atoms with Crippen LogP contribution in [0.5, 0.6) is 11.5 Å². The fourth-order valence-electron chi connectivity index (χ4n) is 2.87. The first-order valence-corrected chi connectivity index (χ1v) is 9.23. The summed E-state index contributed by atoms with van der Waals surface area (Å²) in [5.41, 5.74) is 8.25. The Hall–Kier alpha value is -1.88. The van der Waals surface area contributed by atoms with Gasteiger partial charge >= 0.3 is 0 Å². The maximum absolute atomic E-state index is 12.3. The number of nitrogens with one attached hydrogen (secondary N) is 4. The van der Waals surface area contributed by atoms with Gasteiger partial charge in [-0.1, -0.05) is 0 Å². The zero-order valence-corrected chi connectivity index (χ0v) is 13.6. The van der Waals surface area contributed by atoms with Crippen molar-refractivity contribution in [1.82, 2.24) is 21.1 Å². The third-order valence-corrected chi connectivity index (χ3v) is 5.65. The number of carbonyl (C=O) groups is 1. The molecule has 1 amide bonds. The Labute approximate surface area is 139 Å². The van der Waals surface area contributed by atoms with E-state index in [1.807, 2.05) is 0 Å². The predicted octanol–water partition coefficient (Wildman–Crippen LogP) is -0.630. The molecule has 4 rings (SSSR count). The van der Waals surface area contributed by atoms with Crippen LogP contribution < -0.4 is 30.6 Å². The Kier molecular flexibility index (Phi) is 3.83. The van der Waals surface area contributed by atoms with Crippen LogP contribution in [0.3, 0.4) is 0 Å². The Morgan fingerprint density at radius 1 is 1.17 bits per heavy atom. The molecule has 1 aromatic carbocycles. The maximum Gasteiger partial charge on any atom is 0.257 e. The molecule has 130 valence electrons. The van der Waals surface area contributed by atoms with Crippen LogP contribution in [-0.4, -0.2) is 33.2 Å². The predicted molar refractivity (Wildman–Crippen MR) is 82.2 cm³/mol. The number of amides is 1. The fraction of sp³-hybridized carbons (Fsp3) is 0.500. The lowest BCUT2D eigenvalue weighted by Crippen LogP contribution is -2.50. The topological polar surface area (TPSA) is 118 Å². The van der Waals surface area contributed by atoms with Gasteiger partial charge in [-0.05, 0) is 37.3 Å². The molecule has 9 nitrogen and oxygen atoms in total. The normalized spacial score (nSPS) is 25.7. The molecule has 2 atom stereocenters. The number of hydrogen-bond donors (Lipinski definition) is 4. The van der Waals surface area contributed by atoms with Gasteiger partial charge in [-0.2, -0.15) is 0 Å². The number of hydrazine groups is 2. The van der Waals surface area contributed by atoms with Crippen molar-refractivity contribution in [1.29, 1.82) is 0 Å². The number of benzene rings is 1. The van der Waals surface area contributed by atoms with Crippen LogP contribution in [0.2, 0.25) is 0 Å². The summed E-state index contributed by atoms with van der Waals surface area (Å²) in [4.78, 5) is 14.2. The highest BCUT2D eigenvalue weighted by molar-refractivity contribution is 7.89. The monoisotopic (exact) mass is 354 g/mol. The van der Waals surface area contributed by atoms with Crippen molar-refractivity contribution in [2.75, 3.05) is 6.79 Å². The quantitative estimate of drug-likeness (QED) is 0.520. The summed E-state index contributed by atoms with van der Waals surface area (Å²) in [6.45, 7) is 0.0610. The summed E-state index contributed by atoms with van der Waals surface area (Å²) >= 11 is 0. The van der Waals surface area contributed by atoms with E-state index < -0.39 is 22.0 Å². The van der Waals surface area contributed by atoms with E-state index in [9.17, 15) is 13.2 Å². The number of rotatable bonds is 5. The van der Waals surface area contributed by atoms with Crippen LogP contribution in [0.1, 0.15) is 19.3 Å². The van der Waals surface area contributed by atoms with Gasteiger partial charge in [0.05, 0.1) is 4.90 Å². The van der Waals surface area contributed by atoms with Crippen molar-refractivity contribution in [3.8, 4) is 11.5 Å². The van der Waals surface area contributed by atoms with E-state index in [2.05, 4.69) is 21.1 Å². The number of hydrogen-bond acceptors (Lipinski definition) is 7. The lowest BCUT2D eigenvalue weighted by Gasteiger charge is -2.12. The molecule has 4 N–H and O–H groups in total. The van der Waals surface area contributed by atoms with Gasteiger partial charge in [0.1, 0.15) is 6.04 Å². The second kappa shape index (κ2) is 5.88. The molecular formula is C14H18N4O5S. The van der Waals surface area contributed by atoms with Gasteiger partial charge in [-0.25, -0.2) is 13.8 Å². The Balaban J connectivity index is 1.36.